The van der Waals surface area contributed by atoms with Crippen molar-refractivity contribution < 1.29 is 9.53 Å². The zero-order chi connectivity index (χ0) is 13.1. The van der Waals surface area contributed by atoms with Crippen LogP contribution in [-0.4, -0.2) is 43.2 Å². The predicted octanol–water partition coefficient (Wildman–Crippen LogP) is 1.40. The zero-order valence-electron chi connectivity index (χ0n) is 10.4. The maximum atomic E-state index is 12.5. The minimum absolute atomic E-state index is 0.0369. The van der Waals surface area contributed by atoms with Gasteiger partial charge in [-0.25, -0.2) is 0 Å². The molecule has 0 bridgehead atoms. The van der Waals surface area contributed by atoms with E-state index in [0.717, 1.165) is 14.7 Å². The van der Waals surface area contributed by atoms with Gasteiger partial charge in [0.2, 0.25) is 0 Å². The van der Waals surface area contributed by atoms with Gasteiger partial charge in [-0.05, 0) is 41.1 Å². The molecule has 2 rings (SSSR count). The number of aryl methyl sites for hydroxylation is 1. The fourth-order valence-corrected chi connectivity index (χ4v) is 2.62. The molecule has 18 heavy (non-hydrogen) atoms. The van der Waals surface area contributed by atoms with Crippen LogP contribution in [0.2, 0.25) is 0 Å². The minimum Gasteiger partial charge on any atom is -0.373 e. The van der Waals surface area contributed by atoms with Crippen molar-refractivity contribution in [2.24, 2.45) is 5.73 Å². The fraction of sp³-hybridized carbons (Fsp3) is 0.462. The minimum atomic E-state index is -0.0369. The number of amides is 1. The standard InChI is InChI=1S/C13H17IN2O2/c1-9-3-2-4-11(12(9)14)13(17)16-5-6-18-10(7-15)8-16/h2-4,10H,5-8,15H2,1H3. The van der Waals surface area contributed by atoms with E-state index < -0.39 is 0 Å². The maximum absolute atomic E-state index is 12.5. The number of morpholine rings is 1. The van der Waals surface area contributed by atoms with Crippen LogP contribution in [0.4, 0.5) is 0 Å². The van der Waals surface area contributed by atoms with E-state index in [2.05, 4.69) is 22.6 Å². The number of halogens is 1. The fourth-order valence-electron chi connectivity index (χ4n) is 2.03. The lowest BCUT2D eigenvalue weighted by molar-refractivity contribution is -0.0167. The van der Waals surface area contributed by atoms with Crippen molar-refractivity contribution in [2.45, 2.75) is 13.0 Å². The normalized spacial score (nSPS) is 19.9. The number of ether oxygens (including phenoxy) is 1. The summed E-state index contributed by atoms with van der Waals surface area (Å²) in [4.78, 5) is 14.3. The first-order chi connectivity index (χ1) is 8.63. The lowest BCUT2D eigenvalue weighted by Crippen LogP contribution is -2.48. The van der Waals surface area contributed by atoms with E-state index >= 15 is 0 Å². The Morgan fingerprint density at radius 1 is 1.61 bits per heavy atom. The molecule has 1 aliphatic heterocycles. The topological polar surface area (TPSA) is 55.6 Å². The van der Waals surface area contributed by atoms with Crippen LogP contribution in [0.1, 0.15) is 15.9 Å². The van der Waals surface area contributed by atoms with Crippen LogP contribution in [0.3, 0.4) is 0 Å². The molecule has 0 aromatic heterocycles. The van der Waals surface area contributed by atoms with Gasteiger partial charge in [-0.15, -0.1) is 0 Å². The molecule has 1 fully saturated rings. The van der Waals surface area contributed by atoms with Crippen molar-refractivity contribution in [3.8, 4) is 0 Å². The summed E-state index contributed by atoms with van der Waals surface area (Å²) in [6.07, 6.45) is -0.0369. The Kier molecular flexibility index (Phi) is 4.58. The highest BCUT2D eigenvalue weighted by molar-refractivity contribution is 14.1. The molecule has 0 spiro atoms. The van der Waals surface area contributed by atoms with Crippen molar-refractivity contribution in [3.05, 3.63) is 32.9 Å². The van der Waals surface area contributed by atoms with Gasteiger partial charge in [0.25, 0.3) is 5.91 Å². The number of hydrogen-bond acceptors (Lipinski definition) is 3. The second-order valence-electron chi connectivity index (χ2n) is 4.42. The first kappa shape index (κ1) is 13.8. The van der Waals surface area contributed by atoms with Crippen molar-refractivity contribution in [1.82, 2.24) is 4.90 Å². The summed E-state index contributed by atoms with van der Waals surface area (Å²) in [6.45, 7) is 4.25. The third-order valence-electron chi connectivity index (χ3n) is 3.11. The lowest BCUT2D eigenvalue weighted by atomic mass is 10.1. The summed E-state index contributed by atoms with van der Waals surface area (Å²) in [6, 6.07) is 5.82. The summed E-state index contributed by atoms with van der Waals surface area (Å²) in [5.74, 6) is 0.0739. The summed E-state index contributed by atoms with van der Waals surface area (Å²) in [7, 11) is 0. The molecule has 0 aliphatic carbocycles. The SMILES string of the molecule is Cc1cccc(C(=O)N2CCOC(CN)C2)c1I. The van der Waals surface area contributed by atoms with Crippen LogP contribution in [0.5, 0.6) is 0 Å². The second kappa shape index (κ2) is 5.99. The van der Waals surface area contributed by atoms with E-state index in [0.29, 0.717) is 26.2 Å². The highest BCUT2D eigenvalue weighted by Crippen LogP contribution is 2.19. The number of nitrogens with two attached hydrogens (primary N) is 1. The Morgan fingerprint density at radius 3 is 3.11 bits per heavy atom. The molecule has 1 saturated heterocycles. The second-order valence-corrected chi connectivity index (χ2v) is 5.49. The highest BCUT2D eigenvalue weighted by Gasteiger charge is 2.25. The van der Waals surface area contributed by atoms with Crippen LogP contribution >= 0.6 is 22.6 Å². The number of rotatable bonds is 2. The van der Waals surface area contributed by atoms with E-state index in [1.165, 1.54) is 0 Å². The summed E-state index contributed by atoms with van der Waals surface area (Å²) in [5.41, 5.74) is 7.50. The molecule has 4 nitrogen and oxygen atoms in total. The quantitative estimate of drug-likeness (QED) is 0.812. The molecular weight excluding hydrogens is 343 g/mol. The zero-order valence-corrected chi connectivity index (χ0v) is 12.5. The van der Waals surface area contributed by atoms with E-state index in [-0.39, 0.29) is 12.0 Å². The van der Waals surface area contributed by atoms with Crippen LogP contribution in [0.15, 0.2) is 18.2 Å². The molecule has 5 heteroatoms. The van der Waals surface area contributed by atoms with Crippen molar-refractivity contribution >= 4 is 28.5 Å². The smallest absolute Gasteiger partial charge is 0.255 e. The first-order valence-corrected chi connectivity index (χ1v) is 7.07. The van der Waals surface area contributed by atoms with Crippen LogP contribution in [0.25, 0.3) is 0 Å². The molecule has 2 N–H and O–H groups in total. The Balaban J connectivity index is 2.18. The van der Waals surface area contributed by atoms with Gasteiger partial charge in [0.15, 0.2) is 0 Å². The molecule has 0 radical (unpaired) electrons. The Morgan fingerprint density at radius 2 is 2.39 bits per heavy atom. The average Bonchev–Trinajstić information content (AvgIpc) is 2.41. The van der Waals surface area contributed by atoms with Gasteiger partial charge in [-0.2, -0.15) is 0 Å². The van der Waals surface area contributed by atoms with E-state index in [1.54, 1.807) is 0 Å². The van der Waals surface area contributed by atoms with Gasteiger partial charge in [-0.3, -0.25) is 4.79 Å². The van der Waals surface area contributed by atoms with Gasteiger partial charge in [0.1, 0.15) is 0 Å². The molecule has 1 amide bonds. The van der Waals surface area contributed by atoms with Crippen LogP contribution in [-0.2, 0) is 4.74 Å². The van der Waals surface area contributed by atoms with Crippen LogP contribution < -0.4 is 5.73 Å². The van der Waals surface area contributed by atoms with Crippen molar-refractivity contribution in [3.63, 3.8) is 0 Å². The Labute approximate surface area is 121 Å². The largest absolute Gasteiger partial charge is 0.373 e. The summed E-state index contributed by atoms with van der Waals surface area (Å²) in [5, 5.41) is 0. The predicted molar refractivity (Wildman–Crippen MR) is 78.6 cm³/mol. The molecule has 98 valence electrons. The lowest BCUT2D eigenvalue weighted by Gasteiger charge is -2.32. The monoisotopic (exact) mass is 360 g/mol. The van der Waals surface area contributed by atoms with Crippen molar-refractivity contribution in [1.29, 1.82) is 0 Å². The molecule has 1 aliphatic rings. The van der Waals surface area contributed by atoms with E-state index in [9.17, 15) is 4.79 Å². The molecule has 1 unspecified atom stereocenters. The third kappa shape index (κ3) is 2.84. The van der Waals surface area contributed by atoms with E-state index in [1.807, 2.05) is 30.0 Å². The Hall–Kier alpha value is -0.660. The van der Waals surface area contributed by atoms with E-state index in [4.69, 9.17) is 10.5 Å². The van der Waals surface area contributed by atoms with Gasteiger partial charge >= 0.3 is 0 Å². The van der Waals surface area contributed by atoms with Gasteiger partial charge in [0.05, 0.1) is 18.3 Å². The molecule has 1 aromatic rings. The summed E-state index contributed by atoms with van der Waals surface area (Å²) >= 11 is 2.23. The maximum Gasteiger partial charge on any atom is 0.255 e. The molecule has 0 saturated carbocycles. The molecular formula is C13H17IN2O2. The number of hydrogen-bond donors (Lipinski definition) is 1. The Bertz CT molecular complexity index is 451. The van der Waals surface area contributed by atoms with Gasteiger partial charge in [-0.1, -0.05) is 12.1 Å². The number of benzene rings is 1. The van der Waals surface area contributed by atoms with Crippen LogP contribution in [0, 0.1) is 10.5 Å². The first-order valence-electron chi connectivity index (χ1n) is 5.99. The number of carbonyl (C=O) groups excluding carboxylic acids is 1. The number of carbonyl (C=O) groups is 1. The number of nitrogens with zero attached hydrogens (tertiary/aromatic N) is 1. The highest BCUT2D eigenvalue weighted by atomic mass is 127. The van der Waals surface area contributed by atoms with Crippen molar-refractivity contribution in [2.75, 3.05) is 26.2 Å². The van der Waals surface area contributed by atoms with Gasteiger partial charge in [0, 0.05) is 23.2 Å². The third-order valence-corrected chi connectivity index (χ3v) is 4.54. The summed E-state index contributed by atoms with van der Waals surface area (Å²) < 4.78 is 6.50. The average molecular weight is 360 g/mol. The molecule has 1 atom stereocenters. The van der Waals surface area contributed by atoms with Gasteiger partial charge < -0.3 is 15.4 Å². The molecule has 1 heterocycles. The molecule has 1 aromatic carbocycles.